The largest absolute Gasteiger partial charge is 0.368 e. The van der Waals surface area contributed by atoms with Crippen molar-refractivity contribution in [2.24, 2.45) is 0 Å². The van der Waals surface area contributed by atoms with E-state index in [4.69, 9.17) is 0 Å². The molecular formula is C16H14FN5O2. The highest BCUT2D eigenvalue weighted by atomic mass is 19.1. The van der Waals surface area contributed by atoms with Crippen molar-refractivity contribution >= 4 is 5.91 Å². The number of aromatic nitrogens is 4. The van der Waals surface area contributed by atoms with Gasteiger partial charge in [-0.2, -0.15) is 9.36 Å². The average molecular weight is 327 g/mol. The molecule has 0 aliphatic carbocycles. The molecular weight excluding hydrogens is 313 g/mol. The number of carbonyl (C=O) groups is 1. The van der Waals surface area contributed by atoms with Crippen LogP contribution in [0.1, 0.15) is 5.56 Å². The van der Waals surface area contributed by atoms with Crippen LogP contribution in [0.4, 0.5) is 4.39 Å². The minimum Gasteiger partial charge on any atom is -0.350 e. The number of benzene rings is 2. The summed E-state index contributed by atoms with van der Waals surface area (Å²) in [6.45, 7) is -0.257. The zero-order chi connectivity index (χ0) is 16.9. The molecule has 24 heavy (non-hydrogen) atoms. The zero-order valence-electron chi connectivity index (χ0n) is 12.6. The summed E-state index contributed by atoms with van der Waals surface area (Å²) >= 11 is 0. The van der Waals surface area contributed by atoms with Gasteiger partial charge >= 0.3 is 5.69 Å². The van der Waals surface area contributed by atoms with Gasteiger partial charge in [-0.1, -0.05) is 36.4 Å². The lowest BCUT2D eigenvalue weighted by atomic mass is 10.2. The van der Waals surface area contributed by atoms with Gasteiger partial charge in [0.2, 0.25) is 5.91 Å². The fourth-order valence-corrected chi connectivity index (χ4v) is 2.13. The van der Waals surface area contributed by atoms with Crippen molar-refractivity contribution in [1.82, 2.24) is 25.1 Å². The first kappa shape index (κ1) is 15.6. The molecule has 1 amide bonds. The lowest BCUT2D eigenvalue weighted by Crippen LogP contribution is -2.33. The van der Waals surface area contributed by atoms with Crippen LogP contribution in [0.25, 0.3) is 5.69 Å². The predicted octanol–water partition coefficient (Wildman–Crippen LogP) is 0.884. The lowest BCUT2D eigenvalue weighted by Gasteiger charge is -2.05. The van der Waals surface area contributed by atoms with Crippen LogP contribution < -0.4 is 11.0 Å². The molecule has 0 bridgehead atoms. The molecule has 0 saturated heterocycles. The fraction of sp³-hybridized carbons (Fsp3) is 0.125. The van der Waals surface area contributed by atoms with Gasteiger partial charge in [0, 0.05) is 12.1 Å². The van der Waals surface area contributed by atoms with Gasteiger partial charge < -0.3 is 5.32 Å². The van der Waals surface area contributed by atoms with Gasteiger partial charge in [0.05, 0.1) is 5.69 Å². The molecule has 1 aromatic heterocycles. The summed E-state index contributed by atoms with van der Waals surface area (Å²) < 4.78 is 15.5. The van der Waals surface area contributed by atoms with Crippen molar-refractivity contribution in [2.75, 3.05) is 0 Å². The SMILES string of the molecule is O=C(Cn1nnn(-c2ccccc2)c1=O)NCc1ccccc1F. The van der Waals surface area contributed by atoms with E-state index in [1.165, 1.54) is 6.07 Å². The van der Waals surface area contributed by atoms with E-state index in [2.05, 4.69) is 15.7 Å². The number of rotatable bonds is 5. The molecule has 122 valence electrons. The highest BCUT2D eigenvalue weighted by Gasteiger charge is 2.12. The molecule has 8 heteroatoms. The summed E-state index contributed by atoms with van der Waals surface area (Å²) in [7, 11) is 0. The standard InChI is InChI=1S/C16H14FN5O2/c17-14-9-5-4-6-12(14)10-18-15(23)11-21-16(24)22(20-19-21)13-7-2-1-3-8-13/h1-9H,10-11H2,(H,18,23). The van der Waals surface area contributed by atoms with Crippen LogP contribution in [0.2, 0.25) is 0 Å². The summed E-state index contributed by atoms with van der Waals surface area (Å²) in [6, 6.07) is 14.9. The lowest BCUT2D eigenvalue weighted by molar-refractivity contribution is -0.122. The number of nitrogens with one attached hydrogen (secondary N) is 1. The highest BCUT2D eigenvalue weighted by molar-refractivity contribution is 5.75. The zero-order valence-corrected chi connectivity index (χ0v) is 12.6. The molecule has 0 aliphatic rings. The normalized spacial score (nSPS) is 10.5. The van der Waals surface area contributed by atoms with Crippen molar-refractivity contribution in [1.29, 1.82) is 0 Å². The Kier molecular flexibility index (Phi) is 4.46. The molecule has 0 atom stereocenters. The number of hydrogen-bond donors (Lipinski definition) is 1. The number of hydrogen-bond acceptors (Lipinski definition) is 4. The van der Waals surface area contributed by atoms with E-state index >= 15 is 0 Å². The Labute approximate surface area is 136 Å². The highest BCUT2D eigenvalue weighted by Crippen LogP contribution is 2.05. The van der Waals surface area contributed by atoms with Gasteiger partial charge in [0.25, 0.3) is 0 Å². The number of carbonyl (C=O) groups excluding carboxylic acids is 1. The molecule has 0 aliphatic heterocycles. The monoisotopic (exact) mass is 327 g/mol. The number of tetrazole rings is 1. The van der Waals surface area contributed by atoms with E-state index in [9.17, 15) is 14.0 Å². The third-order valence-corrected chi connectivity index (χ3v) is 3.37. The third kappa shape index (κ3) is 3.37. The van der Waals surface area contributed by atoms with E-state index in [1.807, 2.05) is 6.07 Å². The first-order valence-corrected chi connectivity index (χ1v) is 7.23. The van der Waals surface area contributed by atoms with Crippen molar-refractivity contribution < 1.29 is 9.18 Å². The molecule has 3 aromatic rings. The maximum atomic E-state index is 13.5. The maximum Gasteiger partial charge on any atom is 0.368 e. The molecule has 3 rings (SSSR count). The number of para-hydroxylation sites is 1. The molecule has 1 N–H and O–H groups in total. The first-order valence-electron chi connectivity index (χ1n) is 7.23. The number of halogens is 1. The van der Waals surface area contributed by atoms with Crippen molar-refractivity contribution in [3.63, 3.8) is 0 Å². The minimum atomic E-state index is -0.526. The van der Waals surface area contributed by atoms with Gasteiger partial charge in [-0.15, -0.1) is 0 Å². The number of amides is 1. The van der Waals surface area contributed by atoms with Gasteiger partial charge in [-0.25, -0.2) is 9.18 Å². The Morgan fingerprint density at radius 3 is 2.50 bits per heavy atom. The van der Waals surface area contributed by atoms with Crippen molar-refractivity contribution in [3.8, 4) is 5.69 Å². The van der Waals surface area contributed by atoms with Gasteiger partial charge in [-0.05, 0) is 28.6 Å². The molecule has 0 fully saturated rings. The Morgan fingerprint density at radius 2 is 1.75 bits per heavy atom. The number of nitrogens with zero attached hydrogens (tertiary/aromatic N) is 4. The van der Waals surface area contributed by atoms with Crippen LogP contribution in [0.5, 0.6) is 0 Å². The van der Waals surface area contributed by atoms with Gasteiger partial charge in [0.15, 0.2) is 0 Å². The maximum absolute atomic E-state index is 13.5. The quantitative estimate of drug-likeness (QED) is 0.754. The summed E-state index contributed by atoms with van der Waals surface area (Å²) in [4.78, 5) is 24.1. The molecule has 0 radical (unpaired) electrons. The van der Waals surface area contributed by atoms with Crippen LogP contribution in [-0.2, 0) is 17.9 Å². The second-order valence-electron chi connectivity index (χ2n) is 5.03. The first-order chi connectivity index (χ1) is 11.6. The van der Waals surface area contributed by atoms with Gasteiger partial charge in [0.1, 0.15) is 12.4 Å². The van der Waals surface area contributed by atoms with Crippen molar-refractivity contribution in [2.45, 2.75) is 13.1 Å². The smallest absolute Gasteiger partial charge is 0.350 e. The molecule has 0 unspecified atom stereocenters. The van der Waals surface area contributed by atoms with Crippen LogP contribution in [0.3, 0.4) is 0 Å². The molecule has 0 spiro atoms. The summed E-state index contributed by atoms with van der Waals surface area (Å²) in [5.74, 6) is -0.856. The molecule has 7 nitrogen and oxygen atoms in total. The van der Waals surface area contributed by atoms with E-state index in [0.29, 0.717) is 11.3 Å². The van der Waals surface area contributed by atoms with Crippen LogP contribution in [0.15, 0.2) is 59.4 Å². The second-order valence-corrected chi connectivity index (χ2v) is 5.03. The molecule has 0 saturated carbocycles. The minimum absolute atomic E-state index is 0.0348. The van der Waals surface area contributed by atoms with E-state index in [-0.39, 0.29) is 13.1 Å². The topological polar surface area (TPSA) is 81.8 Å². The van der Waals surface area contributed by atoms with E-state index < -0.39 is 17.4 Å². The van der Waals surface area contributed by atoms with E-state index in [0.717, 1.165) is 9.36 Å². The third-order valence-electron chi connectivity index (χ3n) is 3.37. The van der Waals surface area contributed by atoms with Crippen molar-refractivity contribution in [3.05, 3.63) is 76.5 Å². The van der Waals surface area contributed by atoms with Gasteiger partial charge in [-0.3, -0.25) is 4.79 Å². The summed E-state index contributed by atoms with van der Waals surface area (Å²) in [5.41, 5.74) is 0.397. The van der Waals surface area contributed by atoms with Crippen LogP contribution in [0, 0.1) is 5.82 Å². The Morgan fingerprint density at radius 1 is 1.04 bits per heavy atom. The predicted molar refractivity (Wildman–Crippen MR) is 83.9 cm³/mol. The average Bonchev–Trinajstić information content (AvgIpc) is 2.96. The second kappa shape index (κ2) is 6.86. The molecule has 1 heterocycles. The fourth-order valence-electron chi connectivity index (χ4n) is 2.13. The Balaban J connectivity index is 1.66. The van der Waals surface area contributed by atoms with Crippen LogP contribution >= 0.6 is 0 Å². The van der Waals surface area contributed by atoms with E-state index in [1.54, 1.807) is 42.5 Å². The summed E-state index contributed by atoms with van der Waals surface area (Å²) in [6.07, 6.45) is 0. The van der Waals surface area contributed by atoms with Crippen LogP contribution in [-0.4, -0.2) is 25.7 Å². The Bertz CT molecular complexity index is 904. The Hall–Kier alpha value is -3.29. The molecule has 2 aromatic carbocycles. The summed E-state index contributed by atoms with van der Waals surface area (Å²) in [5, 5.41) is 9.98.